The molecular weight excluding hydrogens is 260 g/mol. The van der Waals surface area contributed by atoms with Gasteiger partial charge < -0.3 is 14.8 Å². The molecule has 0 radical (unpaired) electrons. The van der Waals surface area contributed by atoms with E-state index in [9.17, 15) is 4.39 Å². The number of ether oxygens (including phenoxy) is 1. The summed E-state index contributed by atoms with van der Waals surface area (Å²) in [5.41, 5.74) is 0.769. The SMILES string of the molecule is CCOC1CCN(Cc2ccc(B(O)O)cc2F)CC1. The first-order valence-electron chi connectivity index (χ1n) is 7.08. The highest BCUT2D eigenvalue weighted by atomic mass is 19.1. The molecule has 0 bridgehead atoms. The third kappa shape index (κ3) is 4.02. The second-order valence-electron chi connectivity index (χ2n) is 5.16. The van der Waals surface area contributed by atoms with Gasteiger partial charge in [-0.3, -0.25) is 4.90 Å². The highest BCUT2D eigenvalue weighted by Crippen LogP contribution is 2.17. The highest BCUT2D eigenvalue weighted by Gasteiger charge is 2.20. The van der Waals surface area contributed by atoms with Gasteiger partial charge in [-0.1, -0.05) is 12.1 Å². The van der Waals surface area contributed by atoms with E-state index in [1.807, 2.05) is 6.92 Å². The van der Waals surface area contributed by atoms with Crippen LogP contribution in [0.1, 0.15) is 25.3 Å². The normalized spacial score (nSPS) is 17.4. The van der Waals surface area contributed by atoms with Crippen molar-refractivity contribution in [1.29, 1.82) is 0 Å². The van der Waals surface area contributed by atoms with Gasteiger partial charge >= 0.3 is 7.12 Å². The molecule has 0 aromatic heterocycles. The van der Waals surface area contributed by atoms with Crippen LogP contribution in [0, 0.1) is 5.82 Å². The monoisotopic (exact) mass is 281 g/mol. The molecule has 1 heterocycles. The van der Waals surface area contributed by atoms with Gasteiger partial charge in [0.05, 0.1) is 6.10 Å². The Labute approximate surface area is 119 Å². The maximum absolute atomic E-state index is 13.9. The van der Waals surface area contributed by atoms with Crippen LogP contribution in [-0.4, -0.2) is 47.9 Å². The Balaban J connectivity index is 1.91. The molecule has 4 nitrogen and oxygen atoms in total. The van der Waals surface area contributed by atoms with E-state index in [4.69, 9.17) is 14.8 Å². The smallest absolute Gasteiger partial charge is 0.423 e. The molecule has 2 rings (SSSR count). The van der Waals surface area contributed by atoms with Crippen molar-refractivity contribution in [3.05, 3.63) is 29.6 Å². The van der Waals surface area contributed by atoms with Crippen LogP contribution in [0.25, 0.3) is 0 Å². The van der Waals surface area contributed by atoms with E-state index in [1.165, 1.54) is 6.07 Å². The molecule has 1 saturated heterocycles. The van der Waals surface area contributed by atoms with Crippen LogP contribution in [-0.2, 0) is 11.3 Å². The van der Waals surface area contributed by atoms with Gasteiger partial charge in [0.15, 0.2) is 0 Å². The van der Waals surface area contributed by atoms with Gasteiger partial charge in [0, 0.05) is 31.8 Å². The number of benzene rings is 1. The summed E-state index contributed by atoms with van der Waals surface area (Å²) in [4.78, 5) is 2.20. The molecular formula is C14H21BFNO3. The van der Waals surface area contributed by atoms with Crippen molar-refractivity contribution in [2.75, 3.05) is 19.7 Å². The minimum atomic E-state index is -1.62. The van der Waals surface area contributed by atoms with Gasteiger partial charge in [0.1, 0.15) is 5.82 Å². The first kappa shape index (κ1) is 15.4. The molecule has 1 fully saturated rings. The van der Waals surface area contributed by atoms with Crippen LogP contribution in [0.4, 0.5) is 4.39 Å². The maximum atomic E-state index is 13.9. The van der Waals surface area contributed by atoms with Gasteiger partial charge in [-0.05, 0) is 31.3 Å². The largest absolute Gasteiger partial charge is 0.488 e. The van der Waals surface area contributed by atoms with Crippen molar-refractivity contribution >= 4 is 12.6 Å². The predicted molar refractivity (Wildman–Crippen MR) is 76.2 cm³/mol. The lowest BCUT2D eigenvalue weighted by atomic mass is 9.80. The number of hydrogen-bond acceptors (Lipinski definition) is 4. The van der Waals surface area contributed by atoms with E-state index < -0.39 is 7.12 Å². The number of halogens is 1. The van der Waals surface area contributed by atoms with Crippen molar-refractivity contribution in [1.82, 2.24) is 4.90 Å². The second-order valence-corrected chi connectivity index (χ2v) is 5.16. The summed E-state index contributed by atoms with van der Waals surface area (Å²) in [5, 5.41) is 18.0. The lowest BCUT2D eigenvalue weighted by Gasteiger charge is -2.31. The number of piperidine rings is 1. The van der Waals surface area contributed by atoms with Crippen molar-refractivity contribution in [2.45, 2.75) is 32.4 Å². The molecule has 110 valence electrons. The third-order valence-corrected chi connectivity index (χ3v) is 3.71. The molecule has 2 N–H and O–H groups in total. The fourth-order valence-electron chi connectivity index (χ4n) is 2.56. The predicted octanol–water partition coefficient (Wildman–Crippen LogP) is 0.506. The lowest BCUT2D eigenvalue weighted by Crippen LogP contribution is -2.37. The Bertz CT molecular complexity index is 436. The Kier molecular flexibility index (Phi) is 5.54. The summed E-state index contributed by atoms with van der Waals surface area (Å²) in [6.07, 6.45) is 2.28. The van der Waals surface area contributed by atoms with Crippen molar-refractivity contribution < 1.29 is 19.2 Å². The first-order valence-corrected chi connectivity index (χ1v) is 7.08. The average Bonchev–Trinajstić information content (AvgIpc) is 2.43. The van der Waals surface area contributed by atoms with Gasteiger partial charge in [-0.25, -0.2) is 4.39 Å². The van der Waals surface area contributed by atoms with Crippen LogP contribution >= 0.6 is 0 Å². The fourth-order valence-corrected chi connectivity index (χ4v) is 2.56. The van der Waals surface area contributed by atoms with Crippen molar-refractivity contribution in [3.63, 3.8) is 0 Å². The average molecular weight is 281 g/mol. The minimum Gasteiger partial charge on any atom is -0.423 e. The van der Waals surface area contributed by atoms with Crippen LogP contribution in [0.3, 0.4) is 0 Å². The Morgan fingerprint density at radius 3 is 2.60 bits per heavy atom. The molecule has 20 heavy (non-hydrogen) atoms. The van der Waals surface area contributed by atoms with E-state index in [1.54, 1.807) is 12.1 Å². The molecule has 0 aliphatic carbocycles. The number of nitrogens with zero attached hydrogens (tertiary/aromatic N) is 1. The fraction of sp³-hybridized carbons (Fsp3) is 0.571. The summed E-state index contributed by atoms with van der Waals surface area (Å²) in [7, 11) is -1.62. The number of hydrogen-bond donors (Lipinski definition) is 2. The topological polar surface area (TPSA) is 52.9 Å². The molecule has 1 aromatic rings. The molecule has 0 amide bonds. The molecule has 6 heteroatoms. The van der Waals surface area contributed by atoms with Gasteiger partial charge in [-0.15, -0.1) is 0 Å². The minimum absolute atomic E-state index is 0.182. The van der Waals surface area contributed by atoms with Gasteiger partial charge in [0.25, 0.3) is 0 Å². The van der Waals surface area contributed by atoms with Crippen LogP contribution in [0.2, 0.25) is 0 Å². The van der Waals surface area contributed by atoms with E-state index in [2.05, 4.69) is 4.90 Å². The second kappa shape index (κ2) is 7.17. The quantitative estimate of drug-likeness (QED) is 0.772. The summed E-state index contributed by atoms with van der Waals surface area (Å²) in [6.45, 7) is 5.08. The third-order valence-electron chi connectivity index (χ3n) is 3.71. The van der Waals surface area contributed by atoms with E-state index >= 15 is 0 Å². The van der Waals surface area contributed by atoms with Crippen LogP contribution in [0.5, 0.6) is 0 Å². The molecule has 0 spiro atoms. The van der Waals surface area contributed by atoms with Gasteiger partial charge in [0.2, 0.25) is 0 Å². The Morgan fingerprint density at radius 1 is 1.35 bits per heavy atom. The standard InChI is InChI=1S/C14H21BFNO3/c1-2-20-13-5-7-17(8-6-13)10-11-3-4-12(15(18)19)9-14(11)16/h3-4,9,13,18-19H,2,5-8,10H2,1H3. The van der Waals surface area contributed by atoms with Crippen LogP contribution < -0.4 is 5.46 Å². The Morgan fingerprint density at radius 2 is 2.05 bits per heavy atom. The first-order chi connectivity index (χ1) is 9.60. The van der Waals surface area contributed by atoms with Crippen molar-refractivity contribution in [3.8, 4) is 0 Å². The van der Waals surface area contributed by atoms with E-state index in [0.717, 1.165) is 32.5 Å². The Hall–Kier alpha value is -0.945. The van der Waals surface area contributed by atoms with Gasteiger partial charge in [-0.2, -0.15) is 0 Å². The molecule has 0 unspecified atom stereocenters. The number of likely N-dealkylation sites (tertiary alicyclic amines) is 1. The highest BCUT2D eigenvalue weighted by molar-refractivity contribution is 6.58. The zero-order valence-corrected chi connectivity index (χ0v) is 11.8. The summed E-state index contributed by atoms with van der Waals surface area (Å²) < 4.78 is 19.5. The molecule has 0 atom stereocenters. The summed E-state index contributed by atoms with van der Waals surface area (Å²) in [6, 6.07) is 4.36. The molecule has 1 aromatic carbocycles. The maximum Gasteiger partial charge on any atom is 0.488 e. The van der Waals surface area contributed by atoms with E-state index in [0.29, 0.717) is 18.2 Å². The zero-order chi connectivity index (χ0) is 14.5. The summed E-state index contributed by atoms with van der Waals surface area (Å²) >= 11 is 0. The van der Waals surface area contributed by atoms with E-state index in [-0.39, 0.29) is 11.3 Å². The molecule has 1 aliphatic rings. The van der Waals surface area contributed by atoms with Crippen LogP contribution in [0.15, 0.2) is 18.2 Å². The molecule has 1 aliphatic heterocycles. The summed E-state index contributed by atoms with van der Waals surface area (Å²) in [5.74, 6) is -0.387. The van der Waals surface area contributed by atoms with Crippen molar-refractivity contribution in [2.24, 2.45) is 0 Å². The number of rotatable bonds is 5. The zero-order valence-electron chi connectivity index (χ0n) is 11.8. The molecule has 0 saturated carbocycles. The lowest BCUT2D eigenvalue weighted by molar-refractivity contribution is 0.0123.